The number of pyridine rings is 1. The van der Waals surface area contributed by atoms with E-state index in [2.05, 4.69) is 9.88 Å². The van der Waals surface area contributed by atoms with Crippen molar-refractivity contribution in [2.45, 2.75) is 44.6 Å². The van der Waals surface area contributed by atoms with Crippen LogP contribution in [0.4, 0.5) is 5.82 Å². The van der Waals surface area contributed by atoms with Gasteiger partial charge in [0.15, 0.2) is 0 Å². The number of rotatable bonds is 5. The Morgan fingerprint density at radius 1 is 1.17 bits per heavy atom. The SMILES string of the molecule is O=C(O)CN(C(=O)c1ccc(N2CCCCCC2)nc1)C1CC1. The molecule has 2 fully saturated rings. The molecule has 0 bridgehead atoms. The van der Waals surface area contributed by atoms with E-state index in [1.807, 2.05) is 6.07 Å². The fraction of sp³-hybridized carbons (Fsp3) is 0.588. The van der Waals surface area contributed by atoms with Gasteiger partial charge in [-0.25, -0.2) is 4.98 Å². The Hall–Kier alpha value is -2.11. The lowest BCUT2D eigenvalue weighted by Gasteiger charge is -2.23. The number of anilines is 1. The van der Waals surface area contributed by atoms with Crippen LogP contribution in [0, 0.1) is 0 Å². The first kappa shape index (κ1) is 15.8. The molecule has 2 heterocycles. The van der Waals surface area contributed by atoms with E-state index >= 15 is 0 Å². The first-order valence-corrected chi connectivity index (χ1v) is 8.39. The van der Waals surface area contributed by atoms with Crippen LogP contribution in [0.5, 0.6) is 0 Å². The number of hydrogen-bond acceptors (Lipinski definition) is 4. The van der Waals surface area contributed by atoms with Gasteiger partial charge in [0.2, 0.25) is 0 Å². The lowest BCUT2D eigenvalue weighted by molar-refractivity contribution is -0.137. The summed E-state index contributed by atoms with van der Waals surface area (Å²) in [6, 6.07) is 3.72. The molecule has 3 rings (SSSR count). The number of carboxylic acids is 1. The van der Waals surface area contributed by atoms with Crippen molar-refractivity contribution >= 4 is 17.7 Å². The van der Waals surface area contributed by atoms with Crippen molar-refractivity contribution in [1.29, 1.82) is 0 Å². The Balaban J connectivity index is 1.70. The maximum absolute atomic E-state index is 12.5. The standard InChI is InChI=1S/C17H23N3O3/c21-16(22)12-20(14-6-7-14)17(23)13-5-8-15(18-11-13)19-9-3-1-2-4-10-19/h5,8,11,14H,1-4,6-7,9-10,12H2,(H,21,22). The Morgan fingerprint density at radius 3 is 2.39 bits per heavy atom. The first-order chi connectivity index (χ1) is 11.1. The van der Waals surface area contributed by atoms with Gasteiger partial charge in [-0.15, -0.1) is 0 Å². The van der Waals surface area contributed by atoms with Crippen LogP contribution in [-0.2, 0) is 4.79 Å². The number of amides is 1. The summed E-state index contributed by atoms with van der Waals surface area (Å²) in [5.74, 6) is -0.302. The second-order valence-electron chi connectivity index (χ2n) is 6.36. The predicted octanol–water partition coefficient (Wildman–Crippen LogP) is 2.15. The summed E-state index contributed by atoms with van der Waals surface area (Å²) in [5.41, 5.74) is 0.469. The summed E-state index contributed by atoms with van der Waals surface area (Å²) in [6.07, 6.45) is 8.24. The van der Waals surface area contributed by atoms with Crippen molar-refractivity contribution in [2.24, 2.45) is 0 Å². The van der Waals surface area contributed by atoms with E-state index in [9.17, 15) is 9.59 Å². The van der Waals surface area contributed by atoms with E-state index < -0.39 is 5.97 Å². The molecule has 0 radical (unpaired) electrons. The molecule has 0 unspecified atom stereocenters. The highest BCUT2D eigenvalue weighted by atomic mass is 16.4. The molecule has 1 aromatic heterocycles. The Kier molecular flexibility index (Phi) is 4.79. The van der Waals surface area contributed by atoms with Crippen molar-refractivity contribution in [3.8, 4) is 0 Å². The zero-order chi connectivity index (χ0) is 16.2. The largest absolute Gasteiger partial charge is 0.480 e. The molecule has 1 aliphatic carbocycles. The van der Waals surface area contributed by atoms with Crippen molar-refractivity contribution in [2.75, 3.05) is 24.5 Å². The number of nitrogens with zero attached hydrogens (tertiary/aromatic N) is 3. The molecule has 6 nitrogen and oxygen atoms in total. The zero-order valence-corrected chi connectivity index (χ0v) is 13.3. The summed E-state index contributed by atoms with van der Waals surface area (Å²) in [5, 5.41) is 8.98. The van der Waals surface area contributed by atoms with Crippen LogP contribution in [0.15, 0.2) is 18.3 Å². The summed E-state index contributed by atoms with van der Waals surface area (Å²) in [7, 11) is 0. The molecule has 6 heteroatoms. The van der Waals surface area contributed by atoms with Gasteiger partial charge in [0.05, 0.1) is 5.56 Å². The Morgan fingerprint density at radius 2 is 1.87 bits per heavy atom. The highest BCUT2D eigenvalue weighted by Gasteiger charge is 2.34. The van der Waals surface area contributed by atoms with E-state index in [-0.39, 0.29) is 18.5 Å². The molecular weight excluding hydrogens is 294 g/mol. The van der Waals surface area contributed by atoms with Crippen LogP contribution in [0.25, 0.3) is 0 Å². The van der Waals surface area contributed by atoms with Crippen LogP contribution < -0.4 is 4.90 Å². The molecule has 0 aromatic carbocycles. The molecule has 124 valence electrons. The topological polar surface area (TPSA) is 73.7 Å². The van der Waals surface area contributed by atoms with Crippen LogP contribution in [0.2, 0.25) is 0 Å². The molecule has 1 N–H and O–H groups in total. The van der Waals surface area contributed by atoms with Gasteiger partial charge < -0.3 is 14.9 Å². The zero-order valence-electron chi connectivity index (χ0n) is 13.3. The molecule has 0 atom stereocenters. The quantitative estimate of drug-likeness (QED) is 0.901. The van der Waals surface area contributed by atoms with E-state index in [1.165, 1.54) is 30.6 Å². The molecule has 1 amide bonds. The van der Waals surface area contributed by atoms with E-state index in [1.54, 1.807) is 12.3 Å². The van der Waals surface area contributed by atoms with Crippen molar-refractivity contribution in [3.63, 3.8) is 0 Å². The molecule has 23 heavy (non-hydrogen) atoms. The third-order valence-corrected chi connectivity index (χ3v) is 4.48. The lowest BCUT2D eigenvalue weighted by atomic mass is 10.2. The number of carboxylic acid groups (broad SMARTS) is 1. The maximum atomic E-state index is 12.5. The fourth-order valence-corrected chi connectivity index (χ4v) is 3.06. The molecule has 1 aromatic rings. The van der Waals surface area contributed by atoms with Gasteiger partial charge in [0, 0.05) is 25.3 Å². The van der Waals surface area contributed by atoms with E-state index in [0.29, 0.717) is 5.56 Å². The van der Waals surface area contributed by atoms with Crippen molar-refractivity contribution in [3.05, 3.63) is 23.9 Å². The van der Waals surface area contributed by atoms with Crippen LogP contribution in [0.3, 0.4) is 0 Å². The minimum absolute atomic E-state index is 0.0730. The molecule has 0 spiro atoms. The van der Waals surface area contributed by atoms with Gasteiger partial charge in [-0.2, -0.15) is 0 Å². The third kappa shape index (κ3) is 4.00. The summed E-state index contributed by atoms with van der Waals surface area (Å²) >= 11 is 0. The molecule has 2 aliphatic rings. The smallest absolute Gasteiger partial charge is 0.323 e. The molecule has 1 saturated heterocycles. The predicted molar refractivity (Wildman–Crippen MR) is 86.6 cm³/mol. The first-order valence-electron chi connectivity index (χ1n) is 8.39. The summed E-state index contributed by atoms with van der Waals surface area (Å²) in [6.45, 7) is 1.78. The van der Waals surface area contributed by atoms with Gasteiger partial charge in [0.25, 0.3) is 5.91 Å². The summed E-state index contributed by atoms with van der Waals surface area (Å²) in [4.78, 5) is 31.6. The fourth-order valence-electron chi connectivity index (χ4n) is 3.06. The number of carbonyl (C=O) groups is 2. The van der Waals surface area contributed by atoms with Crippen molar-refractivity contribution in [1.82, 2.24) is 9.88 Å². The van der Waals surface area contributed by atoms with Gasteiger partial charge in [0.1, 0.15) is 12.4 Å². The summed E-state index contributed by atoms with van der Waals surface area (Å²) < 4.78 is 0. The van der Waals surface area contributed by atoms with Crippen LogP contribution in [-0.4, -0.2) is 52.5 Å². The van der Waals surface area contributed by atoms with Crippen LogP contribution >= 0.6 is 0 Å². The second-order valence-corrected chi connectivity index (χ2v) is 6.36. The van der Waals surface area contributed by atoms with Gasteiger partial charge >= 0.3 is 5.97 Å². The monoisotopic (exact) mass is 317 g/mol. The normalized spacial score (nSPS) is 18.3. The number of aromatic nitrogens is 1. The number of hydrogen-bond donors (Lipinski definition) is 1. The average Bonchev–Trinajstić information content (AvgIpc) is 3.38. The molecular formula is C17H23N3O3. The third-order valence-electron chi connectivity index (χ3n) is 4.48. The van der Waals surface area contributed by atoms with Gasteiger partial charge in [-0.1, -0.05) is 12.8 Å². The second kappa shape index (κ2) is 6.98. The van der Waals surface area contributed by atoms with E-state index in [4.69, 9.17) is 5.11 Å². The Bertz CT molecular complexity index is 561. The minimum Gasteiger partial charge on any atom is -0.480 e. The van der Waals surface area contributed by atoms with E-state index in [0.717, 1.165) is 31.7 Å². The molecule has 1 saturated carbocycles. The van der Waals surface area contributed by atoms with Gasteiger partial charge in [-0.3, -0.25) is 9.59 Å². The number of carbonyl (C=O) groups excluding carboxylic acids is 1. The van der Waals surface area contributed by atoms with Crippen LogP contribution in [0.1, 0.15) is 48.9 Å². The number of aliphatic carboxylic acids is 1. The average molecular weight is 317 g/mol. The molecule has 1 aliphatic heterocycles. The van der Waals surface area contributed by atoms with Crippen molar-refractivity contribution < 1.29 is 14.7 Å². The highest BCUT2D eigenvalue weighted by molar-refractivity contribution is 5.96. The highest BCUT2D eigenvalue weighted by Crippen LogP contribution is 2.28. The maximum Gasteiger partial charge on any atom is 0.323 e. The Labute approximate surface area is 136 Å². The van der Waals surface area contributed by atoms with Gasteiger partial charge in [-0.05, 0) is 37.8 Å². The minimum atomic E-state index is -0.973. The lowest BCUT2D eigenvalue weighted by Crippen LogP contribution is -2.37.